The van der Waals surface area contributed by atoms with Gasteiger partial charge in [-0.3, -0.25) is 4.79 Å². The van der Waals surface area contributed by atoms with Crippen molar-refractivity contribution < 1.29 is 14.3 Å². The lowest BCUT2D eigenvalue weighted by molar-refractivity contribution is -0.141. The Hall–Kier alpha value is -2.67. The van der Waals surface area contributed by atoms with Crippen molar-refractivity contribution in [1.82, 2.24) is 15.3 Å². The van der Waals surface area contributed by atoms with Gasteiger partial charge in [-0.2, -0.15) is 0 Å². The van der Waals surface area contributed by atoms with Crippen LogP contribution in [0, 0.1) is 0 Å². The summed E-state index contributed by atoms with van der Waals surface area (Å²) in [4.78, 5) is 21.8. The second-order valence-corrected chi connectivity index (χ2v) is 6.73. The van der Waals surface area contributed by atoms with Crippen LogP contribution in [0.2, 0.25) is 0 Å². The molecule has 0 aliphatic carbocycles. The van der Waals surface area contributed by atoms with Crippen LogP contribution in [0.4, 0.5) is 5.95 Å². The van der Waals surface area contributed by atoms with Gasteiger partial charge in [0.25, 0.3) is 0 Å². The van der Waals surface area contributed by atoms with Crippen molar-refractivity contribution in [1.29, 1.82) is 0 Å². The Morgan fingerprint density at radius 3 is 2.78 bits per heavy atom. The van der Waals surface area contributed by atoms with Crippen molar-refractivity contribution in [3.05, 3.63) is 47.3 Å². The fourth-order valence-electron chi connectivity index (χ4n) is 3.04. The van der Waals surface area contributed by atoms with Crippen LogP contribution in [0.15, 0.2) is 30.6 Å². The van der Waals surface area contributed by atoms with Crippen LogP contribution in [0.5, 0.6) is 5.75 Å². The molecule has 3 rings (SSSR count). The monoisotopic (exact) mass is 370 g/mol. The van der Waals surface area contributed by atoms with Gasteiger partial charge in [-0.1, -0.05) is 12.1 Å². The summed E-state index contributed by atoms with van der Waals surface area (Å²) >= 11 is 0. The van der Waals surface area contributed by atoms with Crippen LogP contribution in [-0.4, -0.2) is 42.2 Å². The molecule has 0 saturated carbocycles. The topological polar surface area (TPSA) is 76.6 Å². The first-order chi connectivity index (χ1) is 13.0. The molecule has 7 nitrogen and oxygen atoms in total. The smallest absolute Gasteiger partial charge is 0.325 e. The zero-order chi connectivity index (χ0) is 19.2. The third-order valence-corrected chi connectivity index (χ3v) is 4.32. The van der Waals surface area contributed by atoms with E-state index >= 15 is 0 Å². The van der Waals surface area contributed by atoms with E-state index in [1.807, 2.05) is 6.07 Å². The second-order valence-electron chi connectivity index (χ2n) is 6.73. The molecule has 0 amide bonds. The van der Waals surface area contributed by atoms with E-state index in [0.29, 0.717) is 19.1 Å². The van der Waals surface area contributed by atoms with Crippen molar-refractivity contribution in [3.63, 3.8) is 0 Å². The molecule has 1 N–H and O–H groups in total. The predicted molar refractivity (Wildman–Crippen MR) is 103 cm³/mol. The quantitative estimate of drug-likeness (QED) is 0.713. The first-order valence-corrected chi connectivity index (χ1v) is 9.22. The molecule has 0 spiro atoms. The second kappa shape index (κ2) is 8.81. The molecule has 1 aliphatic heterocycles. The predicted octanol–water partition coefficient (Wildman–Crippen LogP) is 2.09. The summed E-state index contributed by atoms with van der Waals surface area (Å²) in [5.41, 5.74) is 3.50. The molecule has 0 saturated heterocycles. The number of carbonyl (C=O) groups excluding carboxylic acids is 1. The molecule has 2 aromatic rings. The minimum absolute atomic E-state index is 0.131. The van der Waals surface area contributed by atoms with Gasteiger partial charge in [-0.25, -0.2) is 9.97 Å². The number of benzene rings is 1. The van der Waals surface area contributed by atoms with Gasteiger partial charge in [-0.05, 0) is 31.0 Å². The van der Waals surface area contributed by atoms with E-state index in [1.54, 1.807) is 31.3 Å². The van der Waals surface area contributed by atoms with Gasteiger partial charge in [0.05, 0.1) is 6.61 Å². The lowest BCUT2D eigenvalue weighted by Gasteiger charge is -2.15. The largest absolute Gasteiger partial charge is 0.490 e. The number of nitrogens with zero attached hydrogens (tertiary/aromatic N) is 3. The number of esters is 1. The van der Waals surface area contributed by atoms with Crippen molar-refractivity contribution >= 4 is 11.9 Å². The van der Waals surface area contributed by atoms with Crippen LogP contribution in [0.1, 0.15) is 30.5 Å². The van der Waals surface area contributed by atoms with Crippen LogP contribution in [0.25, 0.3) is 0 Å². The van der Waals surface area contributed by atoms with Gasteiger partial charge in [0.2, 0.25) is 5.95 Å². The third-order valence-electron chi connectivity index (χ3n) is 4.32. The summed E-state index contributed by atoms with van der Waals surface area (Å²) in [6, 6.07) is 6.34. The van der Waals surface area contributed by atoms with E-state index in [1.165, 1.54) is 11.1 Å². The summed E-state index contributed by atoms with van der Waals surface area (Å²) < 4.78 is 10.7. The van der Waals surface area contributed by atoms with Crippen LogP contribution in [-0.2, 0) is 29.0 Å². The molecule has 27 heavy (non-hydrogen) atoms. The first-order valence-electron chi connectivity index (χ1n) is 9.22. The van der Waals surface area contributed by atoms with Gasteiger partial charge in [-0.15, -0.1) is 0 Å². The average Bonchev–Trinajstić information content (AvgIpc) is 3.01. The average molecular weight is 370 g/mol. The maximum absolute atomic E-state index is 11.5. The number of rotatable bonds is 8. The fourth-order valence-corrected chi connectivity index (χ4v) is 3.04. The van der Waals surface area contributed by atoms with E-state index in [9.17, 15) is 4.79 Å². The molecule has 1 aromatic heterocycles. The number of hydrogen-bond donors (Lipinski definition) is 1. The number of fused-ring (bicyclic) bond motifs is 1. The van der Waals surface area contributed by atoms with Gasteiger partial charge >= 0.3 is 5.97 Å². The Balaban J connectivity index is 1.48. The Labute approximate surface area is 159 Å². The molecule has 0 unspecified atom stereocenters. The molecular formula is C20H26N4O3. The molecule has 1 atom stereocenters. The van der Waals surface area contributed by atoms with Crippen LogP contribution < -0.4 is 15.0 Å². The molecule has 1 aliphatic rings. The van der Waals surface area contributed by atoms with Crippen LogP contribution >= 0.6 is 0 Å². The Morgan fingerprint density at radius 1 is 1.30 bits per heavy atom. The number of anilines is 1. The molecule has 7 heteroatoms. The highest BCUT2D eigenvalue weighted by Crippen LogP contribution is 2.29. The Bertz CT molecular complexity index is 779. The highest BCUT2D eigenvalue weighted by Gasteiger charge is 2.18. The minimum Gasteiger partial charge on any atom is -0.490 e. The highest BCUT2D eigenvalue weighted by atomic mass is 16.5. The van der Waals surface area contributed by atoms with Crippen molar-refractivity contribution in [2.75, 3.05) is 25.1 Å². The third kappa shape index (κ3) is 5.17. The minimum atomic E-state index is -0.288. The lowest BCUT2D eigenvalue weighted by Crippen LogP contribution is -2.28. The molecule has 0 radical (unpaired) electrons. The van der Waals surface area contributed by atoms with Gasteiger partial charge in [0.1, 0.15) is 18.4 Å². The zero-order valence-corrected chi connectivity index (χ0v) is 16.1. The molecule has 144 valence electrons. The maximum atomic E-state index is 11.5. The molecule has 0 fully saturated rings. The Morgan fingerprint density at radius 2 is 2.04 bits per heavy atom. The van der Waals surface area contributed by atoms with Crippen molar-refractivity contribution in [2.45, 2.75) is 39.5 Å². The number of likely N-dealkylation sites (N-methyl/N-ethyl adjacent to an activating group) is 1. The number of aromatic nitrogens is 2. The zero-order valence-electron chi connectivity index (χ0n) is 16.1. The van der Waals surface area contributed by atoms with Gasteiger partial charge < -0.3 is 19.7 Å². The van der Waals surface area contributed by atoms with Crippen LogP contribution in [0.3, 0.4) is 0 Å². The summed E-state index contributed by atoms with van der Waals surface area (Å²) in [7, 11) is 1.77. The van der Waals surface area contributed by atoms with E-state index < -0.39 is 0 Å². The number of carbonyl (C=O) groups is 1. The number of nitrogens with one attached hydrogen (secondary N) is 1. The summed E-state index contributed by atoms with van der Waals surface area (Å²) in [5, 5.41) is 3.41. The fraction of sp³-hybridized carbons (Fsp3) is 0.450. The molecule has 2 heterocycles. The standard InChI is InChI=1S/C20H26N4O3/c1-4-26-19(25)13-24(3)20-22-11-16(12-23-20)10-21-9-15-5-6-18-17(8-15)7-14(2)27-18/h5-6,8,11-12,14,21H,4,7,9-10,13H2,1-3H3/t14-/m0/s1. The van der Waals surface area contributed by atoms with E-state index in [2.05, 4.69) is 34.3 Å². The van der Waals surface area contributed by atoms with Gasteiger partial charge in [0, 0.05) is 44.5 Å². The summed E-state index contributed by atoms with van der Waals surface area (Å²) in [6.45, 7) is 5.82. The normalized spacial score (nSPS) is 15.1. The SMILES string of the molecule is CCOC(=O)CN(C)c1ncc(CNCc2ccc3c(c2)C[C@H](C)O3)cn1. The lowest BCUT2D eigenvalue weighted by atomic mass is 10.1. The first kappa shape index (κ1) is 19.1. The molecule has 1 aromatic carbocycles. The van der Waals surface area contributed by atoms with E-state index in [4.69, 9.17) is 9.47 Å². The van der Waals surface area contributed by atoms with Gasteiger partial charge in [0.15, 0.2) is 0 Å². The summed E-state index contributed by atoms with van der Waals surface area (Å²) in [6.07, 6.45) is 4.78. The summed E-state index contributed by atoms with van der Waals surface area (Å²) in [5.74, 6) is 1.21. The Kier molecular flexibility index (Phi) is 6.24. The van der Waals surface area contributed by atoms with E-state index in [-0.39, 0.29) is 18.6 Å². The molecule has 0 bridgehead atoms. The van der Waals surface area contributed by atoms with Crippen molar-refractivity contribution in [2.24, 2.45) is 0 Å². The highest BCUT2D eigenvalue weighted by molar-refractivity contribution is 5.74. The number of hydrogen-bond acceptors (Lipinski definition) is 7. The molecular weight excluding hydrogens is 344 g/mol. The maximum Gasteiger partial charge on any atom is 0.325 e. The number of ether oxygens (including phenoxy) is 2. The van der Waals surface area contributed by atoms with E-state index in [0.717, 1.165) is 24.3 Å². The van der Waals surface area contributed by atoms with Crippen molar-refractivity contribution in [3.8, 4) is 5.75 Å².